The molecule has 0 aliphatic carbocycles. The zero-order valence-electron chi connectivity index (χ0n) is 9.64. The van der Waals surface area contributed by atoms with Gasteiger partial charge in [0.1, 0.15) is 4.83 Å². The van der Waals surface area contributed by atoms with Crippen LogP contribution >= 0.6 is 27.7 Å². The lowest BCUT2D eigenvalue weighted by Crippen LogP contribution is -2.17. The fraction of sp³-hybridized carbons (Fsp3) is 0.273. The van der Waals surface area contributed by atoms with Gasteiger partial charge in [-0.15, -0.1) is 0 Å². The highest BCUT2D eigenvalue weighted by Crippen LogP contribution is 2.23. The van der Waals surface area contributed by atoms with Gasteiger partial charge in [-0.2, -0.15) is 0 Å². The zero-order chi connectivity index (χ0) is 13.1. The van der Waals surface area contributed by atoms with E-state index in [4.69, 9.17) is 5.73 Å². The number of rotatable bonds is 4. The van der Waals surface area contributed by atoms with E-state index >= 15 is 0 Å². The molecule has 1 aromatic heterocycles. The molecule has 0 saturated carbocycles. The molecule has 5 nitrogen and oxygen atoms in total. The maximum Gasteiger partial charge on any atom is 0.320 e. The minimum Gasteiger partial charge on any atom is -0.468 e. The first kappa shape index (κ1) is 13.2. The number of carbonyl (C=O) groups is 1. The van der Waals surface area contributed by atoms with Crippen LogP contribution in [0, 0.1) is 0 Å². The molecule has 0 aliphatic heterocycles. The molecule has 7 heteroatoms. The maximum absolute atomic E-state index is 11.2. The van der Waals surface area contributed by atoms with Crippen molar-refractivity contribution in [2.24, 2.45) is 0 Å². The van der Waals surface area contributed by atoms with E-state index in [-0.39, 0.29) is 10.8 Å². The molecule has 0 aliphatic rings. The van der Waals surface area contributed by atoms with Crippen LogP contribution in [-0.2, 0) is 9.53 Å². The number of nitrogens with zero attached hydrogens (tertiary/aromatic N) is 1. The van der Waals surface area contributed by atoms with Crippen molar-refractivity contribution in [3.8, 4) is 0 Å². The number of nitrogens with two attached hydrogens (primary N) is 1. The average molecular weight is 330 g/mol. The molecule has 18 heavy (non-hydrogen) atoms. The van der Waals surface area contributed by atoms with Gasteiger partial charge in [-0.25, -0.2) is 4.98 Å². The molecule has 96 valence electrons. The van der Waals surface area contributed by atoms with Gasteiger partial charge in [-0.3, -0.25) is 4.79 Å². The molecule has 2 rings (SSSR count). The third kappa shape index (κ3) is 2.97. The van der Waals surface area contributed by atoms with Gasteiger partial charge in [0, 0.05) is 11.4 Å². The Morgan fingerprint density at radius 1 is 1.67 bits per heavy atom. The number of methoxy groups -OCH3 is 1. The topological polar surface area (TPSA) is 81.0 Å². The van der Waals surface area contributed by atoms with Crippen LogP contribution in [0.15, 0.2) is 23.4 Å². The Balaban J connectivity index is 2.06. The van der Waals surface area contributed by atoms with Gasteiger partial charge >= 0.3 is 5.97 Å². The number of aromatic nitrogens is 2. The Morgan fingerprint density at radius 2 is 2.44 bits per heavy atom. The van der Waals surface area contributed by atoms with Crippen LogP contribution in [0.3, 0.4) is 0 Å². The van der Waals surface area contributed by atoms with Crippen LogP contribution in [0.4, 0.5) is 5.69 Å². The minimum absolute atomic E-state index is 0.289. The van der Waals surface area contributed by atoms with Crippen LogP contribution in [0.25, 0.3) is 11.0 Å². The van der Waals surface area contributed by atoms with Crippen LogP contribution < -0.4 is 5.73 Å². The minimum atomic E-state index is -0.342. The number of ether oxygens (including phenoxy) is 1. The van der Waals surface area contributed by atoms with E-state index in [1.54, 1.807) is 6.07 Å². The van der Waals surface area contributed by atoms with Crippen LogP contribution in [0.2, 0.25) is 0 Å². The maximum atomic E-state index is 11.2. The SMILES string of the molecule is COC(=O)C(Br)CSc1nc2ccc(N)cc2[nH]1. The number of benzene rings is 1. The summed E-state index contributed by atoms with van der Waals surface area (Å²) in [6.07, 6.45) is 0. The van der Waals surface area contributed by atoms with Gasteiger partial charge in [0.15, 0.2) is 5.16 Å². The fourth-order valence-electron chi connectivity index (χ4n) is 1.42. The Labute approximate surface area is 117 Å². The molecule has 0 fully saturated rings. The van der Waals surface area contributed by atoms with E-state index in [1.807, 2.05) is 12.1 Å². The van der Waals surface area contributed by atoms with E-state index in [2.05, 4.69) is 30.6 Å². The first-order valence-corrected chi connectivity index (χ1v) is 7.10. The number of esters is 1. The normalized spacial score (nSPS) is 12.6. The largest absolute Gasteiger partial charge is 0.468 e. The fourth-order valence-corrected chi connectivity index (χ4v) is 2.79. The molecule has 1 heterocycles. The summed E-state index contributed by atoms with van der Waals surface area (Å²) in [5, 5.41) is 0.754. The van der Waals surface area contributed by atoms with E-state index in [0.29, 0.717) is 11.4 Å². The Kier molecular flexibility index (Phi) is 4.13. The summed E-state index contributed by atoms with van der Waals surface area (Å²) >= 11 is 4.71. The second-order valence-electron chi connectivity index (χ2n) is 3.62. The number of alkyl halides is 1. The molecule has 0 spiro atoms. The quantitative estimate of drug-likeness (QED) is 0.389. The summed E-state index contributed by atoms with van der Waals surface area (Å²) in [5.74, 6) is 0.255. The number of H-pyrrole nitrogens is 1. The standard InChI is InChI=1S/C11H12BrN3O2S/c1-17-10(16)7(12)5-18-11-14-8-3-2-6(13)4-9(8)15-11/h2-4,7H,5,13H2,1H3,(H,14,15). The first-order chi connectivity index (χ1) is 8.60. The summed E-state index contributed by atoms with van der Waals surface area (Å²) in [5.41, 5.74) is 8.13. The monoisotopic (exact) mass is 329 g/mol. The number of anilines is 1. The van der Waals surface area contributed by atoms with Gasteiger partial charge in [-0.1, -0.05) is 27.7 Å². The predicted molar refractivity (Wildman–Crippen MR) is 76.0 cm³/mol. The van der Waals surface area contributed by atoms with Crippen LogP contribution in [-0.4, -0.2) is 33.6 Å². The lowest BCUT2D eigenvalue weighted by atomic mass is 10.3. The Morgan fingerprint density at radius 3 is 3.17 bits per heavy atom. The molecule has 0 saturated heterocycles. The summed E-state index contributed by atoms with van der Waals surface area (Å²) in [6.45, 7) is 0. The molecule has 0 radical (unpaired) electrons. The van der Waals surface area contributed by atoms with Crippen molar-refractivity contribution in [1.29, 1.82) is 0 Å². The lowest BCUT2D eigenvalue weighted by molar-refractivity contribution is -0.139. The van der Waals surface area contributed by atoms with Crippen molar-refractivity contribution in [2.75, 3.05) is 18.6 Å². The molecule has 0 amide bonds. The third-order valence-corrected chi connectivity index (χ3v) is 4.40. The second-order valence-corrected chi connectivity index (χ2v) is 5.73. The molecule has 1 atom stereocenters. The summed E-state index contributed by atoms with van der Waals surface area (Å²) in [6, 6.07) is 5.49. The van der Waals surface area contributed by atoms with E-state index in [0.717, 1.165) is 16.2 Å². The smallest absolute Gasteiger partial charge is 0.320 e. The molecular weight excluding hydrogens is 318 g/mol. The predicted octanol–water partition coefficient (Wildman–Crippen LogP) is 2.17. The number of hydrogen-bond acceptors (Lipinski definition) is 5. The highest BCUT2D eigenvalue weighted by Gasteiger charge is 2.16. The number of fused-ring (bicyclic) bond motifs is 1. The van der Waals surface area contributed by atoms with Gasteiger partial charge in [0.05, 0.1) is 18.1 Å². The van der Waals surface area contributed by atoms with Crippen LogP contribution in [0.1, 0.15) is 0 Å². The lowest BCUT2D eigenvalue weighted by Gasteiger charge is -2.04. The average Bonchev–Trinajstić information content (AvgIpc) is 2.76. The van der Waals surface area contributed by atoms with Gasteiger partial charge in [-0.05, 0) is 18.2 Å². The zero-order valence-corrected chi connectivity index (χ0v) is 12.0. The van der Waals surface area contributed by atoms with Crippen molar-refractivity contribution in [3.63, 3.8) is 0 Å². The highest BCUT2D eigenvalue weighted by molar-refractivity contribution is 9.10. The van der Waals surface area contributed by atoms with Crippen molar-refractivity contribution in [1.82, 2.24) is 9.97 Å². The van der Waals surface area contributed by atoms with Gasteiger partial charge < -0.3 is 15.5 Å². The summed E-state index contributed by atoms with van der Waals surface area (Å²) < 4.78 is 4.63. The van der Waals surface area contributed by atoms with Crippen LogP contribution in [0.5, 0.6) is 0 Å². The number of thioether (sulfide) groups is 1. The van der Waals surface area contributed by atoms with Gasteiger partial charge in [0.2, 0.25) is 0 Å². The summed E-state index contributed by atoms with van der Waals surface area (Å²) in [4.78, 5) is 18.4. The van der Waals surface area contributed by atoms with Crippen molar-refractivity contribution in [2.45, 2.75) is 9.98 Å². The number of nitrogens with one attached hydrogen (secondary N) is 1. The number of halogens is 1. The van der Waals surface area contributed by atoms with Gasteiger partial charge in [0.25, 0.3) is 0 Å². The number of aromatic amines is 1. The number of hydrogen-bond donors (Lipinski definition) is 2. The first-order valence-electron chi connectivity index (χ1n) is 5.20. The number of carbonyl (C=O) groups excluding carboxylic acids is 1. The Bertz CT molecular complexity index is 572. The molecule has 1 unspecified atom stereocenters. The number of nitrogen functional groups attached to an aromatic ring is 1. The molecule has 0 bridgehead atoms. The molecular formula is C11H12BrN3O2S. The van der Waals surface area contributed by atoms with Crippen molar-refractivity contribution >= 4 is 50.4 Å². The van der Waals surface area contributed by atoms with Crippen molar-refractivity contribution in [3.05, 3.63) is 18.2 Å². The molecule has 3 N–H and O–H groups in total. The summed E-state index contributed by atoms with van der Waals surface area (Å²) in [7, 11) is 1.37. The van der Waals surface area contributed by atoms with E-state index < -0.39 is 0 Å². The van der Waals surface area contributed by atoms with Crippen molar-refractivity contribution < 1.29 is 9.53 Å². The molecule has 1 aromatic carbocycles. The molecule has 2 aromatic rings. The van der Waals surface area contributed by atoms with E-state index in [9.17, 15) is 4.79 Å². The van der Waals surface area contributed by atoms with E-state index in [1.165, 1.54) is 18.9 Å². The second kappa shape index (κ2) is 5.62. The number of imidazole rings is 1. The Hall–Kier alpha value is -1.21. The third-order valence-electron chi connectivity index (χ3n) is 2.31. The highest BCUT2D eigenvalue weighted by atomic mass is 79.9.